The number of aromatic hydroxyl groups is 1. The Kier molecular flexibility index (Phi) is 4.05. The molecule has 0 aliphatic heterocycles. The van der Waals surface area contributed by atoms with E-state index in [1.807, 2.05) is 0 Å². The summed E-state index contributed by atoms with van der Waals surface area (Å²) in [6.07, 6.45) is 1.05. The van der Waals surface area contributed by atoms with Crippen molar-refractivity contribution < 1.29 is 18.7 Å². The summed E-state index contributed by atoms with van der Waals surface area (Å²) in [7, 11) is 0. The number of hydrazone groups is 1. The van der Waals surface area contributed by atoms with Crippen LogP contribution in [0.15, 0.2) is 47.6 Å². The maximum Gasteiger partial charge on any atom is 0.275 e. The van der Waals surface area contributed by atoms with Gasteiger partial charge in [0, 0.05) is 11.6 Å². The van der Waals surface area contributed by atoms with Crippen LogP contribution < -0.4 is 5.43 Å². The van der Waals surface area contributed by atoms with Crippen LogP contribution >= 0.6 is 0 Å². The van der Waals surface area contributed by atoms with Gasteiger partial charge in [0.25, 0.3) is 5.91 Å². The van der Waals surface area contributed by atoms with E-state index in [4.69, 9.17) is 0 Å². The van der Waals surface area contributed by atoms with Crippen LogP contribution in [0.25, 0.3) is 0 Å². The van der Waals surface area contributed by atoms with Crippen molar-refractivity contribution in [2.45, 2.75) is 0 Å². The molecule has 2 rings (SSSR count). The van der Waals surface area contributed by atoms with E-state index in [9.17, 15) is 18.7 Å². The Balaban J connectivity index is 2.07. The third-order valence-electron chi connectivity index (χ3n) is 2.48. The topological polar surface area (TPSA) is 61.7 Å². The van der Waals surface area contributed by atoms with Gasteiger partial charge in [0.15, 0.2) is 0 Å². The number of phenols is 1. The predicted molar refractivity (Wildman–Crippen MR) is 69.5 cm³/mol. The molecule has 20 heavy (non-hydrogen) atoms. The lowest BCUT2D eigenvalue weighted by molar-refractivity contribution is 0.0952. The average Bonchev–Trinajstić information content (AvgIpc) is 2.41. The maximum absolute atomic E-state index is 13.3. The molecule has 102 valence electrons. The van der Waals surface area contributed by atoms with Gasteiger partial charge in [0.1, 0.15) is 17.4 Å². The first-order chi connectivity index (χ1) is 9.58. The van der Waals surface area contributed by atoms with Gasteiger partial charge >= 0.3 is 0 Å². The minimum atomic E-state index is -0.787. The van der Waals surface area contributed by atoms with Gasteiger partial charge in [-0.1, -0.05) is 12.1 Å². The van der Waals surface area contributed by atoms with Crippen molar-refractivity contribution in [1.29, 1.82) is 0 Å². The molecule has 2 aromatic rings. The Morgan fingerprint density at radius 1 is 1.20 bits per heavy atom. The molecule has 6 heteroatoms. The van der Waals surface area contributed by atoms with Gasteiger partial charge < -0.3 is 5.11 Å². The van der Waals surface area contributed by atoms with Crippen molar-refractivity contribution >= 4 is 12.1 Å². The normalized spacial score (nSPS) is 10.7. The summed E-state index contributed by atoms with van der Waals surface area (Å²) >= 11 is 0. The highest BCUT2D eigenvalue weighted by molar-refractivity contribution is 5.97. The molecule has 0 unspecified atom stereocenters. The summed E-state index contributed by atoms with van der Waals surface area (Å²) in [5.41, 5.74) is 2.22. The maximum atomic E-state index is 13.3. The lowest BCUT2D eigenvalue weighted by Crippen LogP contribution is -2.17. The zero-order valence-corrected chi connectivity index (χ0v) is 10.2. The van der Waals surface area contributed by atoms with E-state index in [0.717, 1.165) is 12.3 Å². The molecule has 0 atom stereocenters. The first kappa shape index (κ1) is 13.7. The van der Waals surface area contributed by atoms with Gasteiger partial charge in [0.2, 0.25) is 0 Å². The molecule has 0 heterocycles. The molecule has 0 spiro atoms. The fourth-order valence-corrected chi connectivity index (χ4v) is 1.49. The number of carbonyl (C=O) groups excluding carboxylic acids is 1. The summed E-state index contributed by atoms with van der Waals surface area (Å²) in [5, 5.41) is 13.0. The minimum Gasteiger partial charge on any atom is -0.507 e. The molecule has 0 saturated carbocycles. The number of hydrogen-bond donors (Lipinski definition) is 2. The van der Waals surface area contributed by atoms with E-state index in [1.165, 1.54) is 18.2 Å². The minimum absolute atomic E-state index is 0.0315. The molecule has 4 nitrogen and oxygen atoms in total. The second kappa shape index (κ2) is 5.92. The number of rotatable bonds is 3. The monoisotopic (exact) mass is 276 g/mol. The molecular weight excluding hydrogens is 266 g/mol. The largest absolute Gasteiger partial charge is 0.507 e. The number of para-hydroxylation sites is 1. The van der Waals surface area contributed by atoms with E-state index in [1.54, 1.807) is 12.1 Å². The second-order valence-corrected chi connectivity index (χ2v) is 3.88. The lowest BCUT2D eigenvalue weighted by Gasteiger charge is -2.02. The zero-order valence-electron chi connectivity index (χ0n) is 10.2. The molecular formula is C14H10F2N2O2. The summed E-state index contributed by atoms with van der Waals surface area (Å²) < 4.78 is 26.0. The number of nitrogens with zero attached hydrogens (tertiary/aromatic N) is 1. The number of nitrogens with one attached hydrogen (secondary N) is 1. The Morgan fingerprint density at radius 3 is 2.65 bits per heavy atom. The van der Waals surface area contributed by atoms with Crippen LogP contribution in [-0.2, 0) is 0 Å². The van der Waals surface area contributed by atoms with Gasteiger partial charge in [-0.15, -0.1) is 0 Å². The number of halogens is 2. The molecule has 2 N–H and O–H groups in total. The smallest absolute Gasteiger partial charge is 0.275 e. The van der Waals surface area contributed by atoms with E-state index in [0.29, 0.717) is 6.07 Å². The van der Waals surface area contributed by atoms with Gasteiger partial charge in [-0.05, 0) is 24.3 Å². The number of phenolic OH excluding ortho intramolecular Hbond substituents is 1. The van der Waals surface area contributed by atoms with Gasteiger partial charge in [-0.3, -0.25) is 4.79 Å². The van der Waals surface area contributed by atoms with Crippen LogP contribution in [0.3, 0.4) is 0 Å². The van der Waals surface area contributed by atoms with E-state index in [2.05, 4.69) is 10.5 Å². The average molecular weight is 276 g/mol. The first-order valence-electron chi connectivity index (χ1n) is 5.64. The van der Waals surface area contributed by atoms with Crippen LogP contribution in [0.2, 0.25) is 0 Å². The Morgan fingerprint density at radius 2 is 1.95 bits per heavy atom. The van der Waals surface area contributed by atoms with Crippen LogP contribution in [0.4, 0.5) is 8.78 Å². The quantitative estimate of drug-likeness (QED) is 0.668. The van der Waals surface area contributed by atoms with E-state index < -0.39 is 17.5 Å². The van der Waals surface area contributed by atoms with Crippen molar-refractivity contribution in [2.24, 2.45) is 5.10 Å². The molecule has 0 saturated heterocycles. The standard InChI is InChI=1S/C14H10F2N2O2/c15-10-6-5-9(12(16)7-10)8-17-18-14(20)11-3-1-2-4-13(11)19/h1-8,19H,(H,18,20)/b17-8-. The lowest BCUT2D eigenvalue weighted by atomic mass is 10.2. The highest BCUT2D eigenvalue weighted by atomic mass is 19.1. The number of carbonyl (C=O) groups is 1. The summed E-state index contributed by atoms with van der Waals surface area (Å²) in [4.78, 5) is 11.7. The fourth-order valence-electron chi connectivity index (χ4n) is 1.49. The van der Waals surface area contributed by atoms with Crippen LogP contribution in [0, 0.1) is 11.6 Å². The molecule has 0 aromatic heterocycles. The predicted octanol–water partition coefficient (Wildman–Crippen LogP) is 2.43. The van der Waals surface area contributed by atoms with Crippen molar-refractivity contribution in [3.8, 4) is 5.75 Å². The van der Waals surface area contributed by atoms with Gasteiger partial charge in [-0.2, -0.15) is 5.10 Å². The highest BCUT2D eigenvalue weighted by Crippen LogP contribution is 2.14. The SMILES string of the molecule is O=C(N/N=C\c1ccc(F)cc1F)c1ccccc1O. The Labute approximate surface area is 113 Å². The summed E-state index contributed by atoms with van der Waals surface area (Å²) in [6, 6.07) is 8.92. The third kappa shape index (κ3) is 3.17. The van der Waals surface area contributed by atoms with Crippen molar-refractivity contribution in [3.05, 3.63) is 65.2 Å². The molecule has 0 aliphatic carbocycles. The molecule has 0 bridgehead atoms. The first-order valence-corrected chi connectivity index (χ1v) is 5.64. The van der Waals surface area contributed by atoms with Crippen LogP contribution in [0.1, 0.15) is 15.9 Å². The van der Waals surface area contributed by atoms with E-state index in [-0.39, 0.29) is 16.9 Å². The molecule has 2 aromatic carbocycles. The molecule has 0 aliphatic rings. The Hall–Kier alpha value is -2.76. The molecule has 0 fully saturated rings. The van der Waals surface area contributed by atoms with Gasteiger partial charge in [0.05, 0.1) is 11.8 Å². The molecule has 0 radical (unpaired) electrons. The number of amides is 1. The second-order valence-electron chi connectivity index (χ2n) is 3.88. The van der Waals surface area contributed by atoms with Gasteiger partial charge in [-0.25, -0.2) is 14.2 Å². The number of hydrogen-bond acceptors (Lipinski definition) is 3. The van der Waals surface area contributed by atoms with Crippen molar-refractivity contribution in [1.82, 2.24) is 5.43 Å². The zero-order chi connectivity index (χ0) is 14.5. The third-order valence-corrected chi connectivity index (χ3v) is 2.48. The highest BCUT2D eigenvalue weighted by Gasteiger charge is 2.08. The van der Waals surface area contributed by atoms with Crippen LogP contribution in [-0.4, -0.2) is 17.2 Å². The molecule has 1 amide bonds. The summed E-state index contributed by atoms with van der Waals surface area (Å²) in [5.74, 6) is -2.31. The number of benzene rings is 2. The van der Waals surface area contributed by atoms with Crippen LogP contribution in [0.5, 0.6) is 5.75 Å². The Bertz CT molecular complexity index is 672. The van der Waals surface area contributed by atoms with E-state index >= 15 is 0 Å². The summed E-state index contributed by atoms with van der Waals surface area (Å²) in [6.45, 7) is 0. The fraction of sp³-hybridized carbons (Fsp3) is 0. The van der Waals surface area contributed by atoms with Crippen molar-refractivity contribution in [2.75, 3.05) is 0 Å². The van der Waals surface area contributed by atoms with Crippen molar-refractivity contribution in [3.63, 3.8) is 0 Å².